The summed E-state index contributed by atoms with van der Waals surface area (Å²) in [4.78, 5) is 36.7. The van der Waals surface area contributed by atoms with Gasteiger partial charge in [-0.15, -0.1) is 11.3 Å². The van der Waals surface area contributed by atoms with E-state index < -0.39 is 0 Å². The highest BCUT2D eigenvalue weighted by atomic mass is 35.5. The molecule has 1 aromatic carbocycles. The average molecular weight is 477 g/mol. The van der Waals surface area contributed by atoms with Crippen molar-refractivity contribution in [1.29, 1.82) is 0 Å². The Labute approximate surface area is 194 Å². The van der Waals surface area contributed by atoms with Crippen LogP contribution in [-0.2, 0) is 23.4 Å². The van der Waals surface area contributed by atoms with Gasteiger partial charge in [-0.3, -0.25) is 9.59 Å². The van der Waals surface area contributed by atoms with Gasteiger partial charge in [0.15, 0.2) is 0 Å². The number of fused-ring (bicyclic) bond motifs is 3. The van der Waals surface area contributed by atoms with E-state index in [1.165, 1.54) is 16.9 Å². The Hall–Kier alpha value is -2.03. The van der Waals surface area contributed by atoms with E-state index in [1.807, 2.05) is 31.1 Å². The van der Waals surface area contributed by atoms with E-state index in [4.69, 9.17) is 11.6 Å². The first-order valence-corrected chi connectivity index (χ1v) is 12.7. The average Bonchev–Trinajstić information content (AvgIpc) is 3.10. The molecule has 0 unspecified atom stereocenters. The van der Waals surface area contributed by atoms with E-state index in [1.54, 1.807) is 29.2 Å². The Morgan fingerprint density at radius 2 is 2.13 bits per heavy atom. The lowest BCUT2D eigenvalue weighted by atomic mass is 9.97. The van der Waals surface area contributed by atoms with Crippen LogP contribution in [0.25, 0.3) is 10.2 Å². The molecule has 6 nitrogen and oxygen atoms in total. The van der Waals surface area contributed by atoms with E-state index >= 15 is 0 Å². The molecule has 1 aliphatic carbocycles. The smallest absolute Gasteiger partial charge is 0.259 e. The molecule has 0 atom stereocenters. The van der Waals surface area contributed by atoms with E-state index in [2.05, 4.69) is 15.3 Å². The quantitative estimate of drug-likeness (QED) is 0.477. The zero-order valence-electron chi connectivity index (χ0n) is 17.6. The van der Waals surface area contributed by atoms with Gasteiger partial charge in [0.1, 0.15) is 10.7 Å². The highest BCUT2D eigenvalue weighted by Crippen LogP contribution is 2.34. The van der Waals surface area contributed by atoms with Crippen molar-refractivity contribution in [2.45, 2.75) is 37.9 Å². The second kappa shape index (κ2) is 9.63. The topological polar surface area (TPSA) is 78.1 Å². The fraction of sp³-hybridized carbons (Fsp3) is 0.409. The highest BCUT2D eigenvalue weighted by Gasteiger charge is 2.19. The van der Waals surface area contributed by atoms with Crippen molar-refractivity contribution in [2.75, 3.05) is 30.1 Å². The maximum atomic E-state index is 12.6. The third-order valence-corrected chi connectivity index (χ3v) is 7.76. The number of halogens is 1. The Balaban J connectivity index is 1.34. The number of carbonyl (C=O) groups excluding carboxylic acids is 1. The number of aryl methyl sites for hydroxylation is 2. The Bertz CT molecular complexity index is 1170. The van der Waals surface area contributed by atoms with Crippen LogP contribution in [0.5, 0.6) is 0 Å². The fourth-order valence-corrected chi connectivity index (χ4v) is 6.32. The van der Waals surface area contributed by atoms with Crippen LogP contribution < -0.4 is 15.8 Å². The maximum absolute atomic E-state index is 12.6. The van der Waals surface area contributed by atoms with Crippen molar-refractivity contribution in [2.24, 2.45) is 0 Å². The summed E-state index contributed by atoms with van der Waals surface area (Å²) in [5, 5.41) is 4.32. The molecule has 2 aromatic heterocycles. The van der Waals surface area contributed by atoms with Crippen molar-refractivity contribution in [3.63, 3.8) is 0 Å². The Morgan fingerprint density at radius 3 is 2.94 bits per heavy atom. The van der Waals surface area contributed by atoms with Crippen molar-refractivity contribution < 1.29 is 4.79 Å². The molecule has 0 spiro atoms. The van der Waals surface area contributed by atoms with Crippen LogP contribution in [0.4, 0.5) is 11.4 Å². The molecule has 9 heteroatoms. The van der Waals surface area contributed by atoms with Crippen molar-refractivity contribution in [3.8, 4) is 0 Å². The lowest BCUT2D eigenvalue weighted by molar-refractivity contribution is -0.115. The van der Waals surface area contributed by atoms with Gasteiger partial charge in [0, 0.05) is 31.1 Å². The van der Waals surface area contributed by atoms with E-state index in [0.717, 1.165) is 35.2 Å². The molecule has 3 aromatic rings. The van der Waals surface area contributed by atoms with Crippen LogP contribution in [0.15, 0.2) is 23.0 Å². The van der Waals surface area contributed by atoms with Crippen molar-refractivity contribution in [1.82, 2.24) is 9.97 Å². The highest BCUT2D eigenvalue weighted by molar-refractivity contribution is 7.98. The number of nitrogens with zero attached hydrogens (tertiary/aromatic N) is 2. The molecule has 0 fully saturated rings. The minimum atomic E-state index is -0.0688. The minimum absolute atomic E-state index is 0.0325. The van der Waals surface area contributed by atoms with Gasteiger partial charge in [0.05, 0.1) is 27.5 Å². The zero-order valence-corrected chi connectivity index (χ0v) is 20.0. The van der Waals surface area contributed by atoms with Crippen LogP contribution in [0.2, 0.25) is 5.02 Å². The molecule has 2 N–H and O–H groups in total. The number of para-hydroxylation sites is 1. The number of benzene rings is 1. The standard InChI is InChI=1S/C22H25ClN4O2S2/c1-27(2)20-14(23)7-5-8-15(20)24-18(28)10-11-30-12-17-25-21(29)19-13-6-3-4-9-16(13)31-22(19)26-17/h5,7-8H,3-4,6,9-12H2,1-2H3,(H,24,28)(H,25,26,29). The molecule has 0 saturated carbocycles. The number of carbonyl (C=O) groups is 1. The number of thiophene rings is 1. The first kappa shape index (κ1) is 22.2. The zero-order chi connectivity index (χ0) is 22.0. The van der Waals surface area contributed by atoms with Gasteiger partial charge in [0.25, 0.3) is 5.56 Å². The van der Waals surface area contributed by atoms with Gasteiger partial charge in [-0.1, -0.05) is 17.7 Å². The Kier molecular flexibility index (Phi) is 6.89. The predicted octanol–water partition coefficient (Wildman–Crippen LogP) is 4.84. The summed E-state index contributed by atoms with van der Waals surface area (Å²) in [5.74, 6) is 1.81. The normalized spacial score (nSPS) is 13.3. The van der Waals surface area contributed by atoms with Gasteiger partial charge in [-0.05, 0) is 43.4 Å². The number of nitrogens with one attached hydrogen (secondary N) is 2. The molecular weight excluding hydrogens is 452 g/mol. The molecule has 31 heavy (non-hydrogen) atoms. The molecule has 1 amide bonds. The van der Waals surface area contributed by atoms with Crippen molar-refractivity contribution in [3.05, 3.63) is 49.8 Å². The molecule has 0 saturated heterocycles. The number of H-pyrrole nitrogens is 1. The van der Waals surface area contributed by atoms with E-state index in [9.17, 15) is 9.59 Å². The third-order valence-electron chi connectivity index (χ3n) is 5.29. The second-order valence-electron chi connectivity index (χ2n) is 7.78. The van der Waals surface area contributed by atoms with Gasteiger partial charge in [-0.2, -0.15) is 11.8 Å². The van der Waals surface area contributed by atoms with Crippen LogP contribution in [0.3, 0.4) is 0 Å². The first-order chi connectivity index (χ1) is 14.9. The minimum Gasteiger partial charge on any atom is -0.375 e. The number of aromatic amines is 1. The summed E-state index contributed by atoms with van der Waals surface area (Å²) in [5.41, 5.74) is 2.66. The lowest BCUT2D eigenvalue weighted by Crippen LogP contribution is -2.17. The molecule has 2 heterocycles. The molecule has 1 aliphatic rings. The van der Waals surface area contributed by atoms with Crippen LogP contribution in [0.1, 0.15) is 35.5 Å². The summed E-state index contributed by atoms with van der Waals surface area (Å²) in [6.07, 6.45) is 4.73. The predicted molar refractivity (Wildman–Crippen MR) is 132 cm³/mol. The van der Waals surface area contributed by atoms with Gasteiger partial charge >= 0.3 is 0 Å². The van der Waals surface area contributed by atoms with Crippen molar-refractivity contribution >= 4 is 62.2 Å². The molecular formula is C22H25ClN4O2S2. The van der Waals surface area contributed by atoms with E-state index in [-0.39, 0.29) is 11.5 Å². The van der Waals surface area contributed by atoms with Crippen LogP contribution >= 0.6 is 34.7 Å². The largest absolute Gasteiger partial charge is 0.375 e. The second-order valence-corrected chi connectivity index (χ2v) is 10.4. The first-order valence-electron chi connectivity index (χ1n) is 10.3. The molecule has 164 valence electrons. The van der Waals surface area contributed by atoms with Gasteiger partial charge in [0.2, 0.25) is 5.91 Å². The Morgan fingerprint density at radius 1 is 1.32 bits per heavy atom. The summed E-state index contributed by atoms with van der Waals surface area (Å²) in [6.45, 7) is 0. The maximum Gasteiger partial charge on any atom is 0.259 e. The number of amides is 1. The molecule has 0 radical (unpaired) electrons. The summed E-state index contributed by atoms with van der Waals surface area (Å²) < 4.78 is 0. The molecule has 0 bridgehead atoms. The van der Waals surface area contributed by atoms with Crippen LogP contribution in [0, 0.1) is 0 Å². The molecule has 4 rings (SSSR count). The number of anilines is 2. The summed E-state index contributed by atoms with van der Waals surface area (Å²) in [6, 6.07) is 5.47. The SMILES string of the molecule is CN(C)c1c(Cl)cccc1NC(=O)CCSCc1nc2sc3c(c2c(=O)[nH]1)CCCC3. The van der Waals surface area contributed by atoms with E-state index in [0.29, 0.717) is 34.5 Å². The number of hydrogen-bond donors (Lipinski definition) is 2. The number of thioether (sulfide) groups is 1. The number of aromatic nitrogens is 2. The third kappa shape index (κ3) is 4.91. The number of hydrogen-bond acceptors (Lipinski definition) is 6. The van der Waals surface area contributed by atoms with Crippen LogP contribution in [-0.4, -0.2) is 35.7 Å². The number of rotatable bonds is 7. The summed E-state index contributed by atoms with van der Waals surface area (Å²) in [7, 11) is 3.78. The van der Waals surface area contributed by atoms with Gasteiger partial charge in [-0.25, -0.2) is 4.98 Å². The molecule has 0 aliphatic heterocycles. The monoisotopic (exact) mass is 476 g/mol. The fourth-order valence-electron chi connectivity index (χ4n) is 3.89. The lowest BCUT2D eigenvalue weighted by Gasteiger charge is -2.19. The summed E-state index contributed by atoms with van der Waals surface area (Å²) >= 11 is 9.50. The van der Waals surface area contributed by atoms with Gasteiger partial charge < -0.3 is 15.2 Å².